The average Bonchev–Trinajstić information content (AvgIpc) is 2.39. The van der Waals surface area contributed by atoms with Crippen LogP contribution in [0.2, 0.25) is 0 Å². The molecule has 1 aromatic rings. The van der Waals surface area contributed by atoms with Crippen molar-refractivity contribution >= 4 is 5.91 Å². The molecule has 110 valence electrons. The second kappa shape index (κ2) is 6.81. The number of likely N-dealkylation sites (tertiary alicyclic amines) is 1. The van der Waals surface area contributed by atoms with E-state index in [1.807, 2.05) is 11.8 Å². The lowest BCUT2D eigenvalue weighted by Gasteiger charge is -2.29. The molecule has 0 aromatic heterocycles. The average molecular weight is 280 g/mol. The first-order valence-electron chi connectivity index (χ1n) is 7.00. The van der Waals surface area contributed by atoms with Crippen LogP contribution in [-0.4, -0.2) is 41.7 Å². The van der Waals surface area contributed by atoms with Crippen LogP contribution in [0, 0.1) is 5.82 Å². The molecule has 5 heteroatoms. The normalized spacial score (nSPS) is 21.4. The Bertz CT molecular complexity index is 450. The van der Waals surface area contributed by atoms with Gasteiger partial charge in [-0.05, 0) is 44.0 Å². The van der Waals surface area contributed by atoms with Gasteiger partial charge in [0, 0.05) is 6.54 Å². The number of hydrogen-bond acceptors (Lipinski definition) is 3. The maximum Gasteiger partial charge on any atom is 0.234 e. The van der Waals surface area contributed by atoms with E-state index in [1.54, 1.807) is 12.1 Å². The van der Waals surface area contributed by atoms with Crippen LogP contribution < -0.4 is 5.32 Å². The molecule has 2 N–H and O–H groups in total. The lowest BCUT2D eigenvalue weighted by molar-refractivity contribution is -0.123. The van der Waals surface area contributed by atoms with Gasteiger partial charge in [-0.25, -0.2) is 4.39 Å². The number of benzene rings is 1. The van der Waals surface area contributed by atoms with Crippen molar-refractivity contribution in [3.63, 3.8) is 0 Å². The molecule has 0 saturated carbocycles. The van der Waals surface area contributed by atoms with Gasteiger partial charge in [0.2, 0.25) is 5.91 Å². The number of carbonyl (C=O) groups excluding carboxylic acids is 1. The summed E-state index contributed by atoms with van der Waals surface area (Å²) in [5, 5.41) is 12.5. The largest absolute Gasteiger partial charge is 0.392 e. The van der Waals surface area contributed by atoms with Gasteiger partial charge < -0.3 is 10.4 Å². The molecular weight excluding hydrogens is 259 g/mol. The summed E-state index contributed by atoms with van der Waals surface area (Å²) in [4.78, 5) is 13.9. The first kappa shape index (κ1) is 14.9. The molecule has 1 aliphatic heterocycles. The molecule has 0 bridgehead atoms. The monoisotopic (exact) mass is 280 g/mol. The smallest absolute Gasteiger partial charge is 0.234 e. The molecule has 2 rings (SSSR count). The lowest BCUT2D eigenvalue weighted by atomic mass is 10.1. The quantitative estimate of drug-likeness (QED) is 0.878. The number of carbonyl (C=O) groups is 1. The Balaban J connectivity index is 1.83. The summed E-state index contributed by atoms with van der Waals surface area (Å²) in [5.74, 6) is -0.356. The molecule has 1 aliphatic rings. The summed E-state index contributed by atoms with van der Waals surface area (Å²) in [7, 11) is 0. The van der Waals surface area contributed by atoms with E-state index < -0.39 is 0 Å². The molecule has 0 aliphatic carbocycles. The van der Waals surface area contributed by atoms with E-state index in [0.29, 0.717) is 13.1 Å². The molecule has 2 unspecified atom stereocenters. The highest BCUT2D eigenvalue weighted by Gasteiger charge is 2.20. The van der Waals surface area contributed by atoms with Gasteiger partial charge in [0.05, 0.1) is 18.7 Å². The number of nitrogens with zero attached hydrogens (tertiary/aromatic N) is 1. The third kappa shape index (κ3) is 4.28. The Kier molecular flexibility index (Phi) is 5.09. The Labute approximate surface area is 118 Å². The number of aliphatic hydroxyl groups is 1. The van der Waals surface area contributed by atoms with Gasteiger partial charge in [-0.1, -0.05) is 12.1 Å². The molecule has 2 atom stereocenters. The van der Waals surface area contributed by atoms with Crippen LogP contribution in [0.15, 0.2) is 24.3 Å². The second-order valence-electron chi connectivity index (χ2n) is 5.37. The van der Waals surface area contributed by atoms with Crippen LogP contribution in [0.4, 0.5) is 4.39 Å². The number of β-amino-alcohol motifs (C(OH)–C–C–N with tert-alkyl or cyclic N) is 1. The van der Waals surface area contributed by atoms with E-state index >= 15 is 0 Å². The molecule has 1 fully saturated rings. The molecule has 1 saturated heterocycles. The number of halogens is 1. The van der Waals surface area contributed by atoms with Crippen LogP contribution in [0.5, 0.6) is 0 Å². The van der Waals surface area contributed by atoms with Crippen LogP contribution in [0.25, 0.3) is 0 Å². The Morgan fingerprint density at radius 1 is 1.50 bits per heavy atom. The number of hydrogen-bond donors (Lipinski definition) is 2. The van der Waals surface area contributed by atoms with Gasteiger partial charge >= 0.3 is 0 Å². The summed E-state index contributed by atoms with van der Waals surface area (Å²) in [6, 6.07) is 5.96. The van der Waals surface area contributed by atoms with Crippen molar-refractivity contribution in [2.24, 2.45) is 0 Å². The summed E-state index contributed by atoms with van der Waals surface area (Å²) < 4.78 is 12.8. The molecule has 20 heavy (non-hydrogen) atoms. The minimum atomic E-state index is -0.328. The van der Waals surface area contributed by atoms with E-state index in [1.165, 1.54) is 12.1 Å². The zero-order valence-electron chi connectivity index (χ0n) is 11.7. The van der Waals surface area contributed by atoms with E-state index in [-0.39, 0.29) is 23.9 Å². The fraction of sp³-hybridized carbons (Fsp3) is 0.533. The summed E-state index contributed by atoms with van der Waals surface area (Å²) in [6.07, 6.45) is 1.40. The van der Waals surface area contributed by atoms with Crippen molar-refractivity contribution in [3.05, 3.63) is 35.6 Å². The first-order valence-corrected chi connectivity index (χ1v) is 7.00. The summed E-state index contributed by atoms with van der Waals surface area (Å²) in [5.41, 5.74) is 0.874. The number of rotatable bonds is 4. The first-order chi connectivity index (χ1) is 9.54. The molecule has 1 aromatic carbocycles. The number of aliphatic hydroxyl groups excluding tert-OH is 1. The second-order valence-corrected chi connectivity index (χ2v) is 5.37. The number of piperidine rings is 1. The van der Waals surface area contributed by atoms with Gasteiger partial charge in [0.15, 0.2) is 0 Å². The Hall–Kier alpha value is -1.46. The van der Waals surface area contributed by atoms with Crippen molar-refractivity contribution in [1.82, 2.24) is 10.2 Å². The highest BCUT2D eigenvalue weighted by atomic mass is 19.1. The zero-order valence-corrected chi connectivity index (χ0v) is 11.7. The standard InChI is InChI=1S/C15H21FN2O2/c1-11(12-4-6-13(16)7-5-12)17-15(20)10-18-8-2-3-14(19)9-18/h4-7,11,14,19H,2-3,8-10H2,1H3,(H,17,20). The van der Waals surface area contributed by atoms with Crippen LogP contribution in [-0.2, 0) is 4.79 Å². The minimum Gasteiger partial charge on any atom is -0.392 e. The maximum absolute atomic E-state index is 12.8. The summed E-state index contributed by atoms with van der Waals surface area (Å²) in [6.45, 7) is 3.56. The van der Waals surface area contributed by atoms with Gasteiger partial charge in [-0.2, -0.15) is 0 Å². The molecule has 0 spiro atoms. The van der Waals surface area contributed by atoms with Gasteiger partial charge in [-0.15, -0.1) is 0 Å². The molecule has 1 heterocycles. The van der Waals surface area contributed by atoms with Crippen molar-refractivity contribution in [3.8, 4) is 0 Å². The number of amides is 1. The van der Waals surface area contributed by atoms with Crippen LogP contribution in [0.1, 0.15) is 31.4 Å². The highest BCUT2D eigenvalue weighted by molar-refractivity contribution is 5.78. The summed E-state index contributed by atoms with van der Waals surface area (Å²) >= 11 is 0. The molecule has 0 radical (unpaired) electrons. The van der Waals surface area contributed by atoms with E-state index in [9.17, 15) is 14.3 Å². The van der Waals surface area contributed by atoms with E-state index in [2.05, 4.69) is 5.32 Å². The van der Waals surface area contributed by atoms with E-state index in [0.717, 1.165) is 24.9 Å². The van der Waals surface area contributed by atoms with Crippen LogP contribution in [0.3, 0.4) is 0 Å². The number of nitrogens with one attached hydrogen (secondary N) is 1. The molecular formula is C15H21FN2O2. The third-order valence-electron chi connectivity index (χ3n) is 3.60. The molecule has 1 amide bonds. The lowest BCUT2D eigenvalue weighted by Crippen LogP contribution is -2.44. The minimum absolute atomic E-state index is 0.0732. The Morgan fingerprint density at radius 2 is 2.20 bits per heavy atom. The maximum atomic E-state index is 12.8. The zero-order chi connectivity index (χ0) is 14.5. The fourth-order valence-electron chi connectivity index (χ4n) is 2.50. The predicted octanol–water partition coefficient (Wildman–Crippen LogP) is 1.46. The van der Waals surface area contributed by atoms with Gasteiger partial charge in [-0.3, -0.25) is 9.69 Å². The fourth-order valence-corrected chi connectivity index (χ4v) is 2.50. The molecule has 4 nitrogen and oxygen atoms in total. The van der Waals surface area contributed by atoms with Gasteiger partial charge in [0.1, 0.15) is 5.82 Å². The van der Waals surface area contributed by atoms with Crippen molar-refractivity contribution < 1.29 is 14.3 Å². The topological polar surface area (TPSA) is 52.6 Å². The van der Waals surface area contributed by atoms with Crippen molar-refractivity contribution in [2.45, 2.75) is 31.9 Å². The predicted molar refractivity (Wildman–Crippen MR) is 74.6 cm³/mol. The van der Waals surface area contributed by atoms with Crippen LogP contribution >= 0.6 is 0 Å². The highest BCUT2D eigenvalue weighted by Crippen LogP contribution is 2.13. The van der Waals surface area contributed by atoms with Crippen molar-refractivity contribution in [1.29, 1.82) is 0 Å². The van der Waals surface area contributed by atoms with E-state index in [4.69, 9.17) is 0 Å². The SMILES string of the molecule is CC(NC(=O)CN1CCCC(O)C1)c1ccc(F)cc1. The Morgan fingerprint density at radius 3 is 2.85 bits per heavy atom. The third-order valence-corrected chi connectivity index (χ3v) is 3.60. The van der Waals surface area contributed by atoms with Gasteiger partial charge in [0.25, 0.3) is 0 Å². The van der Waals surface area contributed by atoms with Crippen molar-refractivity contribution in [2.75, 3.05) is 19.6 Å².